The summed E-state index contributed by atoms with van der Waals surface area (Å²) in [6.07, 6.45) is 0. The first kappa shape index (κ1) is 13.2. The Bertz CT molecular complexity index is 775. The second kappa shape index (κ2) is 4.34. The zero-order valence-corrected chi connectivity index (χ0v) is 12.8. The van der Waals surface area contributed by atoms with Crippen LogP contribution in [-0.2, 0) is 5.41 Å². The third-order valence-electron chi connectivity index (χ3n) is 3.84. The quantitative estimate of drug-likeness (QED) is 0.590. The fourth-order valence-electron chi connectivity index (χ4n) is 2.82. The minimum atomic E-state index is -0.0205. The SMILES string of the molecule is CC(C)c1cc2onc(C(C)(C)C)c2c2ccccc12. The van der Waals surface area contributed by atoms with Crippen LogP contribution in [0.25, 0.3) is 21.7 Å². The Labute approximate surface area is 119 Å². The molecule has 0 N–H and O–H groups in total. The molecule has 0 fully saturated rings. The van der Waals surface area contributed by atoms with Gasteiger partial charge in [0.25, 0.3) is 0 Å². The molecule has 0 aliphatic rings. The molecule has 3 rings (SSSR count). The summed E-state index contributed by atoms with van der Waals surface area (Å²) in [7, 11) is 0. The van der Waals surface area contributed by atoms with E-state index in [0.29, 0.717) is 5.92 Å². The monoisotopic (exact) mass is 267 g/mol. The molecule has 0 bridgehead atoms. The normalized spacial score (nSPS) is 12.7. The predicted molar refractivity (Wildman–Crippen MR) is 84.3 cm³/mol. The van der Waals surface area contributed by atoms with Crippen molar-refractivity contribution < 1.29 is 4.52 Å². The molecule has 0 radical (unpaired) electrons. The van der Waals surface area contributed by atoms with E-state index >= 15 is 0 Å². The number of hydrogen-bond acceptors (Lipinski definition) is 2. The molecular weight excluding hydrogens is 246 g/mol. The van der Waals surface area contributed by atoms with Gasteiger partial charge in [0, 0.05) is 5.41 Å². The lowest BCUT2D eigenvalue weighted by Crippen LogP contribution is -2.12. The van der Waals surface area contributed by atoms with Gasteiger partial charge in [-0.15, -0.1) is 0 Å². The Morgan fingerprint density at radius 3 is 2.30 bits per heavy atom. The Morgan fingerprint density at radius 2 is 1.70 bits per heavy atom. The summed E-state index contributed by atoms with van der Waals surface area (Å²) in [6, 6.07) is 10.7. The topological polar surface area (TPSA) is 26.0 Å². The zero-order valence-electron chi connectivity index (χ0n) is 12.8. The van der Waals surface area contributed by atoms with E-state index in [0.717, 1.165) is 16.7 Å². The fourth-order valence-corrected chi connectivity index (χ4v) is 2.82. The summed E-state index contributed by atoms with van der Waals surface area (Å²) < 4.78 is 5.62. The van der Waals surface area contributed by atoms with Crippen molar-refractivity contribution in [2.24, 2.45) is 0 Å². The minimum Gasteiger partial charge on any atom is -0.356 e. The van der Waals surface area contributed by atoms with Gasteiger partial charge in [-0.05, 0) is 28.3 Å². The highest BCUT2D eigenvalue weighted by Crippen LogP contribution is 2.37. The van der Waals surface area contributed by atoms with Crippen LogP contribution in [-0.4, -0.2) is 5.16 Å². The summed E-state index contributed by atoms with van der Waals surface area (Å²) in [5.41, 5.74) is 3.24. The lowest BCUT2D eigenvalue weighted by Gasteiger charge is -2.16. The van der Waals surface area contributed by atoms with E-state index < -0.39 is 0 Å². The number of nitrogens with zero attached hydrogens (tertiary/aromatic N) is 1. The van der Waals surface area contributed by atoms with Crippen molar-refractivity contribution in [3.05, 3.63) is 41.6 Å². The summed E-state index contributed by atoms with van der Waals surface area (Å²) in [5, 5.41) is 8.07. The Balaban J connectivity index is 2.50. The van der Waals surface area contributed by atoms with E-state index in [-0.39, 0.29) is 5.41 Å². The van der Waals surface area contributed by atoms with Crippen molar-refractivity contribution in [3.8, 4) is 0 Å². The van der Waals surface area contributed by atoms with Gasteiger partial charge in [0.15, 0.2) is 5.58 Å². The second-order valence-corrected chi connectivity index (χ2v) is 6.82. The van der Waals surface area contributed by atoms with Crippen LogP contribution in [0.4, 0.5) is 0 Å². The number of rotatable bonds is 1. The number of fused-ring (bicyclic) bond motifs is 3. The number of aromatic nitrogens is 1. The standard InChI is InChI=1S/C18H21NO/c1-11(2)14-10-15-16(13-9-7-6-8-12(13)14)17(19-20-15)18(3,4)5/h6-11H,1-5H3. The Kier molecular flexibility index (Phi) is 2.86. The van der Waals surface area contributed by atoms with Gasteiger partial charge in [-0.25, -0.2) is 0 Å². The highest BCUT2D eigenvalue weighted by Gasteiger charge is 2.24. The van der Waals surface area contributed by atoms with Gasteiger partial charge < -0.3 is 4.52 Å². The van der Waals surface area contributed by atoms with Crippen molar-refractivity contribution >= 4 is 21.7 Å². The Morgan fingerprint density at radius 1 is 1.05 bits per heavy atom. The first-order chi connectivity index (χ1) is 9.39. The molecule has 0 aliphatic heterocycles. The zero-order chi connectivity index (χ0) is 14.5. The van der Waals surface area contributed by atoms with Crippen molar-refractivity contribution in [1.29, 1.82) is 0 Å². The fraction of sp³-hybridized carbons (Fsp3) is 0.389. The molecule has 0 aliphatic carbocycles. The van der Waals surface area contributed by atoms with Crippen molar-refractivity contribution in [2.75, 3.05) is 0 Å². The molecule has 0 spiro atoms. The minimum absolute atomic E-state index is 0.0205. The van der Waals surface area contributed by atoms with Crippen molar-refractivity contribution in [2.45, 2.75) is 46.0 Å². The van der Waals surface area contributed by atoms with E-state index in [2.05, 4.69) is 70.1 Å². The first-order valence-electron chi connectivity index (χ1n) is 7.21. The highest BCUT2D eigenvalue weighted by molar-refractivity contribution is 6.08. The van der Waals surface area contributed by atoms with Crippen LogP contribution < -0.4 is 0 Å². The number of benzene rings is 2. The van der Waals surface area contributed by atoms with Crippen LogP contribution >= 0.6 is 0 Å². The predicted octanol–water partition coefficient (Wildman–Crippen LogP) is 5.40. The third kappa shape index (κ3) is 1.91. The van der Waals surface area contributed by atoms with Gasteiger partial charge in [-0.2, -0.15) is 0 Å². The van der Waals surface area contributed by atoms with E-state index in [1.54, 1.807) is 0 Å². The van der Waals surface area contributed by atoms with Gasteiger partial charge in [0.2, 0.25) is 0 Å². The largest absolute Gasteiger partial charge is 0.356 e. The molecule has 1 heterocycles. The maximum absolute atomic E-state index is 5.62. The molecule has 0 unspecified atom stereocenters. The van der Waals surface area contributed by atoms with Gasteiger partial charge in [0.05, 0.1) is 11.1 Å². The summed E-state index contributed by atoms with van der Waals surface area (Å²) in [6.45, 7) is 11.0. The van der Waals surface area contributed by atoms with Crippen LogP contribution in [0.3, 0.4) is 0 Å². The second-order valence-electron chi connectivity index (χ2n) is 6.82. The third-order valence-corrected chi connectivity index (χ3v) is 3.84. The van der Waals surface area contributed by atoms with Crippen LogP contribution in [0.1, 0.15) is 51.8 Å². The highest BCUT2D eigenvalue weighted by atomic mass is 16.5. The van der Waals surface area contributed by atoms with Gasteiger partial charge in [0.1, 0.15) is 0 Å². The molecular formula is C18H21NO. The molecule has 2 aromatic carbocycles. The average Bonchev–Trinajstić information content (AvgIpc) is 2.81. The maximum Gasteiger partial charge on any atom is 0.168 e. The summed E-state index contributed by atoms with van der Waals surface area (Å²) >= 11 is 0. The van der Waals surface area contributed by atoms with E-state index in [1.807, 2.05) is 0 Å². The van der Waals surface area contributed by atoms with Crippen LogP contribution in [0.15, 0.2) is 34.9 Å². The number of hydrogen-bond donors (Lipinski definition) is 0. The van der Waals surface area contributed by atoms with Crippen LogP contribution in [0.5, 0.6) is 0 Å². The molecule has 0 atom stereocenters. The Hall–Kier alpha value is -1.83. The molecule has 2 nitrogen and oxygen atoms in total. The maximum atomic E-state index is 5.62. The van der Waals surface area contributed by atoms with Crippen molar-refractivity contribution in [3.63, 3.8) is 0 Å². The van der Waals surface area contributed by atoms with Gasteiger partial charge in [-0.1, -0.05) is 64.0 Å². The van der Waals surface area contributed by atoms with Crippen LogP contribution in [0.2, 0.25) is 0 Å². The van der Waals surface area contributed by atoms with Crippen LogP contribution in [0, 0.1) is 0 Å². The van der Waals surface area contributed by atoms with E-state index in [1.165, 1.54) is 16.3 Å². The molecule has 20 heavy (non-hydrogen) atoms. The molecule has 3 aromatic rings. The summed E-state index contributed by atoms with van der Waals surface area (Å²) in [5.74, 6) is 0.465. The van der Waals surface area contributed by atoms with E-state index in [9.17, 15) is 0 Å². The lowest BCUT2D eigenvalue weighted by molar-refractivity contribution is 0.419. The molecule has 1 aromatic heterocycles. The smallest absolute Gasteiger partial charge is 0.168 e. The molecule has 104 valence electrons. The van der Waals surface area contributed by atoms with Gasteiger partial charge >= 0.3 is 0 Å². The molecule has 0 saturated carbocycles. The molecule has 2 heteroatoms. The average molecular weight is 267 g/mol. The van der Waals surface area contributed by atoms with Gasteiger partial charge in [-0.3, -0.25) is 0 Å². The summed E-state index contributed by atoms with van der Waals surface area (Å²) in [4.78, 5) is 0. The van der Waals surface area contributed by atoms with E-state index in [4.69, 9.17) is 4.52 Å². The molecule has 0 amide bonds. The molecule has 0 saturated heterocycles. The first-order valence-corrected chi connectivity index (χ1v) is 7.21. The van der Waals surface area contributed by atoms with Crippen molar-refractivity contribution in [1.82, 2.24) is 5.16 Å². The lowest BCUT2D eigenvalue weighted by atomic mass is 9.86.